The third kappa shape index (κ3) is 2.78. The molecular weight excluding hydrogens is 357 g/mol. The third-order valence-electron chi connectivity index (χ3n) is 5.83. The van der Waals surface area contributed by atoms with Gasteiger partial charge >= 0.3 is 0 Å². The number of likely N-dealkylation sites (tertiary alicyclic amines) is 1. The minimum Gasteiger partial charge on any atom is -1.00 e. The van der Waals surface area contributed by atoms with Crippen LogP contribution in [0.2, 0.25) is 0 Å². The molecule has 1 saturated heterocycles. The van der Waals surface area contributed by atoms with Gasteiger partial charge in [-0.05, 0) is 32.1 Å². The predicted molar refractivity (Wildman–Crippen MR) is 81.0 cm³/mol. The smallest absolute Gasteiger partial charge is 0.125 e. The maximum atomic E-state index is 2.54. The number of hydrogen-bond acceptors (Lipinski definition) is 0. The van der Waals surface area contributed by atoms with Gasteiger partial charge in [-0.2, -0.15) is 0 Å². The Morgan fingerprint density at radius 1 is 0.800 bits per heavy atom. The Balaban J connectivity index is 0.00000147. The fraction of sp³-hybridized carbons (Fsp3) is 0.667. The van der Waals surface area contributed by atoms with Crippen LogP contribution in [0.5, 0.6) is 0 Å². The lowest BCUT2D eigenvalue weighted by Crippen LogP contribution is -3.00. The highest BCUT2D eigenvalue weighted by atomic mass is 127. The Bertz CT molecular complexity index is 403. The average molecular weight is 385 g/mol. The molecule has 1 aromatic rings. The van der Waals surface area contributed by atoms with E-state index in [0.717, 1.165) is 0 Å². The number of rotatable bonds is 2. The van der Waals surface area contributed by atoms with Gasteiger partial charge in [-0.15, -0.1) is 0 Å². The first-order chi connectivity index (χ1) is 9.27. The Morgan fingerprint density at radius 3 is 1.95 bits per heavy atom. The molecule has 1 aliphatic heterocycles. The van der Waals surface area contributed by atoms with E-state index in [0.29, 0.717) is 5.54 Å². The summed E-state index contributed by atoms with van der Waals surface area (Å²) in [4.78, 5) is 0. The molecule has 2 heteroatoms. The summed E-state index contributed by atoms with van der Waals surface area (Å²) >= 11 is 0. The van der Waals surface area contributed by atoms with E-state index in [1.807, 2.05) is 0 Å². The van der Waals surface area contributed by atoms with Crippen molar-refractivity contribution in [3.8, 4) is 0 Å². The van der Waals surface area contributed by atoms with Crippen LogP contribution >= 0.6 is 0 Å². The lowest BCUT2D eigenvalue weighted by Gasteiger charge is -2.55. The summed E-state index contributed by atoms with van der Waals surface area (Å²) in [7, 11) is 2.54. The van der Waals surface area contributed by atoms with E-state index in [2.05, 4.69) is 37.4 Å². The van der Waals surface area contributed by atoms with Gasteiger partial charge in [0.1, 0.15) is 5.54 Å². The Morgan fingerprint density at radius 2 is 1.35 bits per heavy atom. The quantitative estimate of drug-likeness (QED) is 0.535. The van der Waals surface area contributed by atoms with Gasteiger partial charge < -0.3 is 28.5 Å². The second-order valence-electron chi connectivity index (χ2n) is 6.86. The first-order valence-corrected chi connectivity index (χ1v) is 8.17. The van der Waals surface area contributed by atoms with Crippen molar-refractivity contribution in [1.82, 2.24) is 0 Å². The van der Waals surface area contributed by atoms with Crippen LogP contribution in [-0.4, -0.2) is 24.6 Å². The van der Waals surface area contributed by atoms with Gasteiger partial charge in [0.2, 0.25) is 0 Å². The number of quaternary nitrogens is 1. The Labute approximate surface area is 141 Å². The van der Waals surface area contributed by atoms with Crippen LogP contribution in [0.25, 0.3) is 0 Å². The van der Waals surface area contributed by atoms with Gasteiger partial charge in [-0.1, -0.05) is 36.8 Å². The maximum absolute atomic E-state index is 2.54. The van der Waals surface area contributed by atoms with Crippen molar-refractivity contribution in [2.24, 2.45) is 0 Å². The highest BCUT2D eigenvalue weighted by Gasteiger charge is 2.50. The van der Waals surface area contributed by atoms with E-state index in [-0.39, 0.29) is 24.0 Å². The molecule has 0 bridgehead atoms. The molecule has 3 rings (SSSR count). The highest BCUT2D eigenvalue weighted by Crippen LogP contribution is 2.47. The van der Waals surface area contributed by atoms with Crippen LogP contribution in [0.4, 0.5) is 0 Å². The standard InChI is InChI=1S/C18H28N.HI/c1-19(15-9-4-10-16-19)18(13-7-3-8-14-18)17-11-5-2-6-12-17;/h2,5-6,11-12H,3-4,7-10,13-16H2,1H3;1H/q+1;/p-1. The number of nitrogens with zero attached hydrogens (tertiary/aromatic N) is 1. The van der Waals surface area contributed by atoms with Gasteiger partial charge in [0.15, 0.2) is 0 Å². The summed E-state index contributed by atoms with van der Waals surface area (Å²) in [6, 6.07) is 11.4. The van der Waals surface area contributed by atoms with Crippen molar-refractivity contribution in [2.45, 2.75) is 56.9 Å². The van der Waals surface area contributed by atoms with Crippen LogP contribution in [0.3, 0.4) is 0 Å². The second kappa shape index (κ2) is 6.78. The van der Waals surface area contributed by atoms with Crippen LogP contribution < -0.4 is 24.0 Å². The van der Waals surface area contributed by atoms with E-state index in [9.17, 15) is 0 Å². The molecule has 1 aliphatic carbocycles. The Hall–Kier alpha value is -0.0900. The van der Waals surface area contributed by atoms with Crippen molar-refractivity contribution < 1.29 is 28.5 Å². The molecule has 2 aliphatic rings. The minimum atomic E-state index is 0. The number of halogens is 1. The van der Waals surface area contributed by atoms with Crippen LogP contribution in [0.15, 0.2) is 30.3 Å². The molecule has 0 radical (unpaired) electrons. The average Bonchev–Trinajstić information content (AvgIpc) is 2.49. The van der Waals surface area contributed by atoms with Crippen LogP contribution in [0.1, 0.15) is 56.9 Å². The molecular formula is C18H28IN. The van der Waals surface area contributed by atoms with Crippen LogP contribution in [-0.2, 0) is 5.54 Å². The summed E-state index contributed by atoms with van der Waals surface area (Å²) < 4.78 is 1.30. The van der Waals surface area contributed by atoms with Crippen molar-refractivity contribution in [3.63, 3.8) is 0 Å². The normalized spacial score (nSPS) is 24.6. The van der Waals surface area contributed by atoms with E-state index >= 15 is 0 Å². The molecule has 112 valence electrons. The molecule has 0 atom stereocenters. The maximum Gasteiger partial charge on any atom is 0.125 e. The number of hydrogen-bond donors (Lipinski definition) is 0. The predicted octanol–water partition coefficient (Wildman–Crippen LogP) is 1.48. The number of benzene rings is 1. The molecule has 0 N–H and O–H groups in total. The summed E-state index contributed by atoms with van der Waals surface area (Å²) in [5, 5.41) is 0. The van der Waals surface area contributed by atoms with Gasteiger partial charge in [-0.3, -0.25) is 0 Å². The monoisotopic (exact) mass is 385 g/mol. The fourth-order valence-corrected chi connectivity index (χ4v) is 4.66. The van der Waals surface area contributed by atoms with Crippen LogP contribution in [0, 0.1) is 0 Å². The topological polar surface area (TPSA) is 0 Å². The molecule has 1 aromatic carbocycles. The SMILES string of the molecule is C[N+]1(C2(c3ccccc3)CCCCC2)CCCCC1.[I-]. The molecule has 0 unspecified atom stereocenters. The van der Waals surface area contributed by atoms with Crippen molar-refractivity contribution in [3.05, 3.63) is 35.9 Å². The largest absolute Gasteiger partial charge is 1.00 e. The Kier molecular flexibility index (Phi) is 5.52. The van der Waals surface area contributed by atoms with Gasteiger partial charge in [-0.25, -0.2) is 0 Å². The summed E-state index contributed by atoms with van der Waals surface area (Å²) in [5.41, 5.74) is 2.03. The summed E-state index contributed by atoms with van der Waals surface area (Å²) in [5.74, 6) is 0. The molecule has 0 spiro atoms. The van der Waals surface area contributed by atoms with Crippen molar-refractivity contribution in [2.75, 3.05) is 20.1 Å². The first-order valence-electron chi connectivity index (χ1n) is 8.17. The third-order valence-corrected chi connectivity index (χ3v) is 5.83. The molecule has 2 fully saturated rings. The van der Waals surface area contributed by atoms with Gasteiger partial charge in [0.05, 0.1) is 20.1 Å². The van der Waals surface area contributed by atoms with Gasteiger partial charge in [0.25, 0.3) is 0 Å². The first kappa shape index (κ1) is 16.3. The molecule has 1 saturated carbocycles. The molecule has 20 heavy (non-hydrogen) atoms. The van der Waals surface area contributed by atoms with E-state index in [4.69, 9.17) is 0 Å². The van der Waals surface area contributed by atoms with Crippen molar-refractivity contribution in [1.29, 1.82) is 0 Å². The van der Waals surface area contributed by atoms with Crippen molar-refractivity contribution >= 4 is 0 Å². The lowest BCUT2D eigenvalue weighted by atomic mass is 9.73. The summed E-state index contributed by atoms with van der Waals surface area (Å²) in [6.07, 6.45) is 11.4. The molecule has 1 heterocycles. The van der Waals surface area contributed by atoms with Gasteiger partial charge in [0, 0.05) is 18.4 Å². The second-order valence-corrected chi connectivity index (χ2v) is 6.86. The minimum absolute atomic E-state index is 0. The molecule has 0 aromatic heterocycles. The number of piperidine rings is 1. The molecule has 0 amide bonds. The van der Waals surface area contributed by atoms with E-state index in [1.165, 1.54) is 68.9 Å². The lowest BCUT2D eigenvalue weighted by molar-refractivity contribution is -0.973. The zero-order valence-electron chi connectivity index (χ0n) is 12.8. The zero-order valence-corrected chi connectivity index (χ0v) is 14.9. The highest BCUT2D eigenvalue weighted by molar-refractivity contribution is 5.23. The summed E-state index contributed by atoms with van der Waals surface area (Å²) in [6.45, 7) is 2.77. The fourth-order valence-electron chi connectivity index (χ4n) is 4.66. The van der Waals surface area contributed by atoms with E-state index in [1.54, 1.807) is 5.56 Å². The molecule has 1 nitrogen and oxygen atoms in total. The zero-order chi connectivity index (χ0) is 13.2. The van der Waals surface area contributed by atoms with E-state index < -0.39 is 0 Å².